The third kappa shape index (κ3) is 3.22. The van der Waals surface area contributed by atoms with Crippen molar-refractivity contribution in [3.63, 3.8) is 0 Å². The molecule has 3 rings (SSSR count). The summed E-state index contributed by atoms with van der Waals surface area (Å²) in [6.45, 7) is 6.55. The van der Waals surface area contributed by atoms with Crippen LogP contribution in [0.2, 0.25) is 0 Å². The van der Waals surface area contributed by atoms with Gasteiger partial charge in [0.25, 0.3) is 0 Å². The van der Waals surface area contributed by atoms with Gasteiger partial charge in [0.1, 0.15) is 11.6 Å². The number of aryl methyl sites for hydroxylation is 1. The molecule has 2 aromatic carbocycles. The first-order valence-corrected chi connectivity index (χ1v) is 8.02. The van der Waals surface area contributed by atoms with E-state index in [1.54, 1.807) is 4.68 Å². The first-order chi connectivity index (χ1) is 11.1. The molecule has 0 bridgehead atoms. The summed E-state index contributed by atoms with van der Waals surface area (Å²) in [5, 5.41) is 9.25. The normalized spacial score (nSPS) is 11.1. The van der Waals surface area contributed by atoms with Gasteiger partial charge in [-0.15, -0.1) is 0 Å². The van der Waals surface area contributed by atoms with E-state index in [1.807, 2.05) is 39.0 Å². The Hall–Kier alpha value is -2.34. The van der Waals surface area contributed by atoms with Crippen LogP contribution >= 0.6 is 12.2 Å². The Balaban J connectivity index is 2.01. The summed E-state index contributed by atoms with van der Waals surface area (Å²) >= 11 is 5.24. The summed E-state index contributed by atoms with van der Waals surface area (Å²) in [4.78, 5) is 0. The van der Waals surface area contributed by atoms with Gasteiger partial charge in [-0.3, -0.25) is 5.10 Å². The molecule has 1 aromatic heterocycles. The Kier molecular flexibility index (Phi) is 4.34. The molecule has 0 saturated heterocycles. The summed E-state index contributed by atoms with van der Waals surface area (Å²) in [6.07, 6.45) is 0.118. The van der Waals surface area contributed by atoms with Gasteiger partial charge < -0.3 is 10.2 Å². The van der Waals surface area contributed by atoms with E-state index in [1.165, 1.54) is 10.8 Å². The molecule has 0 spiro atoms. The predicted molar refractivity (Wildman–Crippen MR) is 94.9 cm³/mol. The Bertz CT molecular complexity index is 882. The second kappa shape index (κ2) is 6.42. The van der Waals surface area contributed by atoms with Crippen molar-refractivity contribution >= 4 is 23.0 Å². The molecule has 0 aliphatic heterocycles. The minimum atomic E-state index is 0.118. The maximum absolute atomic E-state index is 5.99. The summed E-state index contributed by atoms with van der Waals surface area (Å²) in [7, 11) is 0. The second-order valence-corrected chi connectivity index (χ2v) is 6.06. The third-order valence-corrected chi connectivity index (χ3v) is 3.89. The van der Waals surface area contributed by atoms with Crippen LogP contribution in [-0.2, 0) is 6.54 Å². The van der Waals surface area contributed by atoms with E-state index in [-0.39, 0.29) is 6.10 Å². The Labute approximate surface area is 140 Å². The topological polar surface area (TPSA) is 54.9 Å². The molecular weight excluding hydrogens is 308 g/mol. The first kappa shape index (κ1) is 15.6. The Morgan fingerprint density at radius 3 is 2.74 bits per heavy atom. The van der Waals surface area contributed by atoms with Gasteiger partial charge in [-0.25, -0.2) is 4.68 Å². The number of aromatic nitrogens is 3. The zero-order valence-electron chi connectivity index (χ0n) is 13.5. The highest BCUT2D eigenvalue weighted by Gasteiger charge is 2.11. The fourth-order valence-electron chi connectivity index (χ4n) is 2.58. The largest absolute Gasteiger partial charge is 0.491 e. The van der Waals surface area contributed by atoms with Crippen LogP contribution in [0.1, 0.15) is 25.2 Å². The zero-order chi connectivity index (χ0) is 16.4. The van der Waals surface area contributed by atoms with Crippen molar-refractivity contribution in [3.05, 3.63) is 52.6 Å². The SMILES string of the molecule is Cc1n[nH]c(=S)n1NCc1c(OC(C)C)ccc2ccccc12. The molecule has 3 aromatic rings. The minimum absolute atomic E-state index is 0.118. The molecule has 23 heavy (non-hydrogen) atoms. The number of fused-ring (bicyclic) bond motifs is 1. The number of nitrogens with one attached hydrogen (secondary N) is 2. The lowest BCUT2D eigenvalue weighted by atomic mass is 10.0. The third-order valence-electron chi connectivity index (χ3n) is 3.61. The van der Waals surface area contributed by atoms with Crippen LogP contribution in [0.4, 0.5) is 0 Å². The number of ether oxygens (including phenoxy) is 1. The maximum atomic E-state index is 5.99. The summed E-state index contributed by atoms with van der Waals surface area (Å²) in [5.41, 5.74) is 4.43. The lowest BCUT2D eigenvalue weighted by molar-refractivity contribution is 0.240. The molecule has 0 amide bonds. The van der Waals surface area contributed by atoms with Crippen molar-refractivity contribution in [2.24, 2.45) is 0 Å². The second-order valence-electron chi connectivity index (χ2n) is 5.68. The lowest BCUT2D eigenvalue weighted by Gasteiger charge is -2.18. The predicted octanol–water partition coefficient (Wildman–Crippen LogP) is 3.93. The molecule has 1 heterocycles. The van der Waals surface area contributed by atoms with Gasteiger partial charge in [-0.1, -0.05) is 30.3 Å². The molecule has 0 fully saturated rings. The van der Waals surface area contributed by atoms with Crippen molar-refractivity contribution in [2.45, 2.75) is 33.4 Å². The summed E-state index contributed by atoms with van der Waals surface area (Å²) < 4.78 is 8.31. The highest BCUT2D eigenvalue weighted by atomic mass is 32.1. The van der Waals surface area contributed by atoms with Gasteiger partial charge in [0.15, 0.2) is 0 Å². The number of benzene rings is 2. The van der Waals surface area contributed by atoms with Crippen LogP contribution in [0, 0.1) is 11.7 Å². The van der Waals surface area contributed by atoms with Crippen LogP contribution in [-0.4, -0.2) is 21.0 Å². The van der Waals surface area contributed by atoms with E-state index in [4.69, 9.17) is 17.0 Å². The molecule has 0 unspecified atom stereocenters. The van der Waals surface area contributed by atoms with Crippen molar-refractivity contribution in [2.75, 3.05) is 5.43 Å². The van der Waals surface area contributed by atoms with E-state index >= 15 is 0 Å². The van der Waals surface area contributed by atoms with E-state index in [2.05, 4.69) is 33.8 Å². The van der Waals surface area contributed by atoms with Gasteiger partial charge in [0.05, 0.1) is 12.6 Å². The van der Waals surface area contributed by atoms with E-state index < -0.39 is 0 Å². The zero-order valence-corrected chi connectivity index (χ0v) is 14.3. The van der Waals surface area contributed by atoms with Crippen LogP contribution in [0.25, 0.3) is 10.8 Å². The van der Waals surface area contributed by atoms with Crippen molar-refractivity contribution in [1.82, 2.24) is 14.9 Å². The van der Waals surface area contributed by atoms with Crippen LogP contribution < -0.4 is 10.2 Å². The average molecular weight is 328 g/mol. The molecule has 2 N–H and O–H groups in total. The molecule has 0 atom stereocenters. The quantitative estimate of drug-likeness (QED) is 0.697. The van der Waals surface area contributed by atoms with Crippen LogP contribution in [0.15, 0.2) is 36.4 Å². The molecular formula is C17H20N4OS. The van der Waals surface area contributed by atoms with Gasteiger partial charge in [-0.2, -0.15) is 5.10 Å². The highest BCUT2D eigenvalue weighted by molar-refractivity contribution is 7.71. The van der Waals surface area contributed by atoms with Gasteiger partial charge in [0, 0.05) is 5.56 Å². The molecule has 0 radical (unpaired) electrons. The number of nitrogens with zero attached hydrogens (tertiary/aromatic N) is 2. The molecule has 120 valence electrons. The van der Waals surface area contributed by atoms with E-state index in [0.29, 0.717) is 11.3 Å². The lowest BCUT2D eigenvalue weighted by Crippen LogP contribution is -2.17. The summed E-state index contributed by atoms with van der Waals surface area (Å²) in [6, 6.07) is 12.4. The fourth-order valence-corrected chi connectivity index (χ4v) is 2.82. The highest BCUT2D eigenvalue weighted by Crippen LogP contribution is 2.29. The molecule has 0 aliphatic rings. The first-order valence-electron chi connectivity index (χ1n) is 7.61. The van der Waals surface area contributed by atoms with Gasteiger partial charge >= 0.3 is 0 Å². The molecule has 5 nitrogen and oxygen atoms in total. The van der Waals surface area contributed by atoms with Crippen LogP contribution in [0.3, 0.4) is 0 Å². The average Bonchev–Trinajstić information content (AvgIpc) is 2.84. The van der Waals surface area contributed by atoms with Crippen molar-refractivity contribution in [1.29, 1.82) is 0 Å². The molecule has 6 heteroatoms. The number of rotatable bonds is 5. The van der Waals surface area contributed by atoms with Crippen molar-refractivity contribution < 1.29 is 4.74 Å². The molecule has 0 aliphatic carbocycles. The standard InChI is InChI=1S/C17H20N4OS/c1-11(2)22-16-9-8-13-6-4-5-7-14(13)15(16)10-18-21-12(3)19-20-17(21)23/h4-9,11,18H,10H2,1-3H3,(H,20,23). The Morgan fingerprint density at radius 2 is 2.04 bits per heavy atom. The number of aromatic amines is 1. The maximum Gasteiger partial charge on any atom is 0.214 e. The minimum Gasteiger partial charge on any atom is -0.491 e. The monoisotopic (exact) mass is 328 g/mol. The number of H-pyrrole nitrogens is 1. The van der Waals surface area contributed by atoms with Gasteiger partial charge in [0.2, 0.25) is 4.77 Å². The van der Waals surface area contributed by atoms with E-state index in [0.717, 1.165) is 17.1 Å². The fraction of sp³-hybridized carbons (Fsp3) is 0.294. The smallest absolute Gasteiger partial charge is 0.214 e. The number of hydrogen-bond donors (Lipinski definition) is 2. The van der Waals surface area contributed by atoms with Gasteiger partial charge in [-0.05, 0) is 49.8 Å². The van der Waals surface area contributed by atoms with E-state index in [9.17, 15) is 0 Å². The van der Waals surface area contributed by atoms with Crippen molar-refractivity contribution in [3.8, 4) is 5.75 Å². The molecule has 0 saturated carbocycles. The van der Waals surface area contributed by atoms with Crippen LogP contribution in [0.5, 0.6) is 5.75 Å². The number of hydrogen-bond acceptors (Lipinski definition) is 4. The Morgan fingerprint density at radius 1 is 1.26 bits per heavy atom. The summed E-state index contributed by atoms with van der Waals surface area (Å²) in [5.74, 6) is 1.68.